The zero-order valence-electron chi connectivity index (χ0n) is 18.2. The number of imide groups is 1. The first-order chi connectivity index (χ1) is 14.0. The summed E-state index contributed by atoms with van der Waals surface area (Å²) in [7, 11) is -1.74. The molecule has 1 heterocycles. The van der Waals surface area contributed by atoms with Crippen LogP contribution in [0.25, 0.3) is 0 Å². The van der Waals surface area contributed by atoms with Crippen LogP contribution in [0.4, 0.5) is 0 Å². The summed E-state index contributed by atoms with van der Waals surface area (Å²) in [6.07, 6.45) is 7.37. The van der Waals surface area contributed by atoms with Crippen molar-refractivity contribution < 1.29 is 19.2 Å². The molecular formula is C23H35NO4Si. The summed E-state index contributed by atoms with van der Waals surface area (Å²) in [5.74, 6) is -1.52. The van der Waals surface area contributed by atoms with Crippen molar-refractivity contribution >= 4 is 31.0 Å². The number of amides is 2. The number of hydrogen-bond donors (Lipinski definition) is 0. The first-order valence-corrected chi connectivity index (χ1v) is 13.8. The van der Waals surface area contributed by atoms with E-state index in [1.54, 1.807) is 6.07 Å². The first-order valence-electron chi connectivity index (χ1n) is 11.2. The van der Waals surface area contributed by atoms with Gasteiger partial charge in [0.25, 0.3) is 11.8 Å². The molecule has 2 rings (SSSR count). The van der Waals surface area contributed by atoms with E-state index in [2.05, 4.69) is 26.8 Å². The predicted octanol–water partition coefficient (Wildman–Crippen LogP) is 4.96. The van der Waals surface area contributed by atoms with E-state index in [1.165, 1.54) is 61.8 Å². The molecule has 1 aliphatic heterocycles. The molecule has 1 saturated heterocycles. The van der Waals surface area contributed by atoms with Crippen molar-refractivity contribution in [3.8, 4) is 0 Å². The van der Waals surface area contributed by atoms with Crippen molar-refractivity contribution in [1.82, 2.24) is 5.06 Å². The number of rotatable bonds is 12. The fourth-order valence-electron chi connectivity index (χ4n) is 4.12. The quantitative estimate of drug-likeness (QED) is 0.356. The molecule has 0 aromatic heterocycles. The Labute approximate surface area is 175 Å². The van der Waals surface area contributed by atoms with Gasteiger partial charge in [-0.05, 0) is 12.1 Å². The monoisotopic (exact) mass is 417 g/mol. The summed E-state index contributed by atoms with van der Waals surface area (Å²) >= 11 is 0. The molecule has 2 amide bonds. The van der Waals surface area contributed by atoms with Crippen LogP contribution in [0.1, 0.15) is 82.5 Å². The second kappa shape index (κ2) is 11.3. The van der Waals surface area contributed by atoms with Gasteiger partial charge in [0.15, 0.2) is 0 Å². The molecule has 5 nitrogen and oxygen atoms in total. The van der Waals surface area contributed by atoms with Crippen LogP contribution in [0.15, 0.2) is 24.3 Å². The van der Waals surface area contributed by atoms with Gasteiger partial charge < -0.3 is 4.84 Å². The molecule has 1 aliphatic rings. The summed E-state index contributed by atoms with van der Waals surface area (Å²) < 4.78 is 0. The standard InChI is InChI=1S/C23H35NO4Si/c1-4-7-15-29(16-8-5-2,17-9-6-3)20-12-10-11-19(18-20)23(27)28-24-21(25)13-14-22(24)26/h10-12,18H,4-9,13-17H2,1-3H3. The van der Waals surface area contributed by atoms with E-state index in [-0.39, 0.29) is 12.8 Å². The molecule has 1 aromatic carbocycles. The van der Waals surface area contributed by atoms with Gasteiger partial charge in [0.1, 0.15) is 0 Å². The van der Waals surface area contributed by atoms with Crippen LogP contribution in [0.5, 0.6) is 0 Å². The van der Waals surface area contributed by atoms with E-state index in [4.69, 9.17) is 4.84 Å². The number of hydroxylamine groups is 2. The molecule has 0 atom stereocenters. The fourth-order valence-corrected chi connectivity index (χ4v) is 9.74. The maximum atomic E-state index is 12.7. The number of nitrogens with zero attached hydrogens (tertiary/aromatic N) is 1. The molecule has 160 valence electrons. The highest BCUT2D eigenvalue weighted by Gasteiger charge is 2.35. The highest BCUT2D eigenvalue weighted by atomic mass is 28.3. The molecule has 0 unspecified atom stereocenters. The van der Waals surface area contributed by atoms with Crippen LogP contribution < -0.4 is 5.19 Å². The predicted molar refractivity (Wildman–Crippen MR) is 117 cm³/mol. The molecule has 0 saturated carbocycles. The maximum absolute atomic E-state index is 12.7. The van der Waals surface area contributed by atoms with Crippen molar-refractivity contribution in [2.75, 3.05) is 0 Å². The lowest BCUT2D eigenvalue weighted by atomic mass is 10.2. The van der Waals surface area contributed by atoms with Gasteiger partial charge in [0, 0.05) is 12.8 Å². The van der Waals surface area contributed by atoms with E-state index in [1.807, 2.05) is 12.1 Å². The van der Waals surface area contributed by atoms with Crippen molar-refractivity contribution in [1.29, 1.82) is 0 Å². The van der Waals surface area contributed by atoms with Gasteiger partial charge in [-0.25, -0.2) is 4.79 Å². The number of carbonyl (C=O) groups excluding carboxylic acids is 3. The zero-order chi connectivity index (χ0) is 21.3. The minimum Gasteiger partial charge on any atom is -0.325 e. The summed E-state index contributed by atoms with van der Waals surface area (Å²) in [5, 5.41) is 1.94. The molecule has 0 radical (unpaired) electrons. The lowest BCUT2D eigenvalue weighted by Gasteiger charge is -2.33. The van der Waals surface area contributed by atoms with Crippen molar-refractivity contribution in [2.24, 2.45) is 0 Å². The molecule has 1 aromatic rings. The largest absolute Gasteiger partial charge is 0.363 e. The Bertz CT molecular complexity index is 681. The maximum Gasteiger partial charge on any atom is 0.363 e. The SMILES string of the molecule is CCCC[Si](CCCC)(CCCC)c1cccc(C(=O)ON2C(=O)CCC2=O)c1. The van der Waals surface area contributed by atoms with Crippen LogP contribution in [-0.4, -0.2) is 30.9 Å². The topological polar surface area (TPSA) is 63.7 Å². The van der Waals surface area contributed by atoms with Crippen molar-refractivity contribution in [3.63, 3.8) is 0 Å². The minimum atomic E-state index is -1.74. The van der Waals surface area contributed by atoms with Gasteiger partial charge in [0.05, 0.1) is 13.6 Å². The van der Waals surface area contributed by atoms with Gasteiger partial charge in [-0.3, -0.25) is 9.59 Å². The molecule has 1 fully saturated rings. The molecular weight excluding hydrogens is 382 g/mol. The van der Waals surface area contributed by atoms with Crippen LogP contribution in [0.2, 0.25) is 18.1 Å². The van der Waals surface area contributed by atoms with Crippen molar-refractivity contribution in [2.45, 2.75) is 90.3 Å². The smallest absolute Gasteiger partial charge is 0.325 e. The lowest BCUT2D eigenvalue weighted by Crippen LogP contribution is -2.47. The van der Waals surface area contributed by atoms with E-state index < -0.39 is 25.9 Å². The Morgan fingerprint density at radius 3 is 1.93 bits per heavy atom. The normalized spacial score (nSPS) is 14.5. The Hall–Kier alpha value is -1.95. The highest BCUT2D eigenvalue weighted by molar-refractivity contribution is 6.92. The zero-order valence-corrected chi connectivity index (χ0v) is 19.2. The Morgan fingerprint density at radius 1 is 0.931 bits per heavy atom. The Morgan fingerprint density at radius 2 is 1.45 bits per heavy atom. The van der Waals surface area contributed by atoms with Crippen LogP contribution in [0.3, 0.4) is 0 Å². The van der Waals surface area contributed by atoms with Crippen molar-refractivity contribution in [3.05, 3.63) is 29.8 Å². The molecule has 6 heteroatoms. The van der Waals surface area contributed by atoms with Crippen LogP contribution >= 0.6 is 0 Å². The third-order valence-corrected chi connectivity index (χ3v) is 11.4. The average Bonchev–Trinajstić information content (AvgIpc) is 3.05. The van der Waals surface area contributed by atoms with E-state index in [0.29, 0.717) is 10.6 Å². The highest BCUT2D eigenvalue weighted by Crippen LogP contribution is 2.29. The summed E-state index contributed by atoms with van der Waals surface area (Å²) in [5.41, 5.74) is 0.427. The number of carbonyl (C=O) groups is 3. The second-order valence-corrected chi connectivity index (χ2v) is 12.8. The Kier molecular flexibility index (Phi) is 9.08. The number of benzene rings is 1. The first kappa shape index (κ1) is 23.3. The fraction of sp³-hybridized carbons (Fsp3) is 0.609. The summed E-state index contributed by atoms with van der Waals surface area (Å²) in [4.78, 5) is 41.3. The van der Waals surface area contributed by atoms with Gasteiger partial charge >= 0.3 is 5.97 Å². The third kappa shape index (κ3) is 6.01. The third-order valence-electron chi connectivity index (χ3n) is 5.92. The number of unbranched alkanes of at least 4 members (excludes halogenated alkanes) is 3. The minimum absolute atomic E-state index is 0.104. The molecule has 0 N–H and O–H groups in total. The van der Waals surface area contributed by atoms with Gasteiger partial charge in [-0.15, -0.1) is 5.06 Å². The van der Waals surface area contributed by atoms with E-state index in [9.17, 15) is 14.4 Å². The summed E-state index contributed by atoms with van der Waals surface area (Å²) in [6, 6.07) is 11.5. The molecule has 0 aliphatic carbocycles. The van der Waals surface area contributed by atoms with E-state index >= 15 is 0 Å². The van der Waals surface area contributed by atoms with Gasteiger partial charge in [0.2, 0.25) is 0 Å². The summed E-state index contributed by atoms with van der Waals surface area (Å²) in [6.45, 7) is 6.70. The van der Waals surface area contributed by atoms with Gasteiger partial charge in [-0.1, -0.05) is 94.7 Å². The molecule has 29 heavy (non-hydrogen) atoms. The average molecular weight is 418 g/mol. The number of hydrogen-bond acceptors (Lipinski definition) is 4. The molecule has 0 bridgehead atoms. The second-order valence-electron chi connectivity index (χ2n) is 8.13. The van der Waals surface area contributed by atoms with E-state index in [0.717, 1.165) is 0 Å². The molecule has 0 spiro atoms. The van der Waals surface area contributed by atoms with Crippen LogP contribution in [0, 0.1) is 0 Å². The van der Waals surface area contributed by atoms with Crippen LogP contribution in [-0.2, 0) is 14.4 Å². The van der Waals surface area contributed by atoms with Gasteiger partial charge in [-0.2, -0.15) is 0 Å². The Balaban J connectivity index is 2.30. The lowest BCUT2D eigenvalue weighted by molar-refractivity contribution is -0.172.